The van der Waals surface area contributed by atoms with Crippen molar-refractivity contribution in [2.24, 2.45) is 0 Å². The van der Waals surface area contributed by atoms with E-state index in [0.29, 0.717) is 0 Å². The van der Waals surface area contributed by atoms with Gasteiger partial charge in [-0.3, -0.25) is 0 Å². The Kier molecular flexibility index (Phi) is 7.80. The Labute approximate surface area is 385 Å². The maximum Gasteiger partial charge on any atom is 0.197 e. The minimum absolute atomic E-state index is 0.0390. The SMILES string of the molecule is Cc1cc(-c2cc3c(cc2Nc2ccc(C(C)(C)C)cc2)sc2ccc(C(C)(C)C)cc23)c2c3c1c1cc4c(cc1n3-c1cc3c(cc1[B]2)-c1ccccc1C3(C)C)oc1ccccc14. The van der Waals surface area contributed by atoms with Crippen molar-refractivity contribution in [3.05, 3.63) is 161 Å². The maximum atomic E-state index is 6.63. The van der Waals surface area contributed by atoms with Crippen molar-refractivity contribution in [1.29, 1.82) is 0 Å². The number of nitrogens with zero attached hydrogens (tertiary/aromatic N) is 1. The summed E-state index contributed by atoms with van der Waals surface area (Å²) in [6, 6.07) is 50.6. The van der Waals surface area contributed by atoms with E-state index in [9.17, 15) is 0 Å². The Balaban J connectivity index is 1.13. The number of hydrogen-bond donors (Lipinski definition) is 1. The Bertz CT molecular complexity index is 3880. The van der Waals surface area contributed by atoms with Gasteiger partial charge in [0, 0.05) is 81.3 Å². The van der Waals surface area contributed by atoms with Crippen molar-refractivity contribution in [3.8, 4) is 27.9 Å². The Morgan fingerprint density at radius 3 is 2.12 bits per heavy atom. The molecule has 315 valence electrons. The van der Waals surface area contributed by atoms with Gasteiger partial charge in [0.05, 0.1) is 5.52 Å². The Morgan fingerprint density at radius 2 is 1.32 bits per heavy atom. The molecule has 1 radical (unpaired) electrons. The number of thiophene rings is 1. The quantitative estimate of drug-likeness (QED) is 0.179. The molecule has 0 spiro atoms. The number of fused-ring (bicyclic) bond motifs is 14. The fraction of sp³-hybridized carbons (Fsp3) is 0.200. The van der Waals surface area contributed by atoms with Crippen LogP contribution in [0.3, 0.4) is 0 Å². The molecule has 1 aliphatic carbocycles. The van der Waals surface area contributed by atoms with Crippen LogP contribution in [0.15, 0.2) is 138 Å². The highest BCUT2D eigenvalue weighted by Gasteiger charge is 2.38. The van der Waals surface area contributed by atoms with Gasteiger partial charge in [0.25, 0.3) is 0 Å². The van der Waals surface area contributed by atoms with Gasteiger partial charge in [-0.2, -0.15) is 0 Å². The minimum Gasteiger partial charge on any atom is -0.456 e. The van der Waals surface area contributed by atoms with Gasteiger partial charge in [-0.25, -0.2) is 0 Å². The molecule has 5 heteroatoms. The third-order valence-electron chi connectivity index (χ3n) is 14.8. The first-order valence-electron chi connectivity index (χ1n) is 23.1. The van der Waals surface area contributed by atoms with Crippen LogP contribution < -0.4 is 16.2 Å². The predicted molar refractivity (Wildman–Crippen MR) is 281 cm³/mol. The maximum absolute atomic E-state index is 6.63. The molecule has 3 nitrogen and oxygen atoms in total. The summed E-state index contributed by atoms with van der Waals surface area (Å²) >= 11 is 1.89. The number of aryl methyl sites for hydroxylation is 1. The summed E-state index contributed by atoms with van der Waals surface area (Å²) in [5.41, 5.74) is 21.8. The number of hydrogen-bond acceptors (Lipinski definition) is 3. The average molecular weight is 858 g/mol. The van der Waals surface area contributed by atoms with Crippen molar-refractivity contribution in [3.63, 3.8) is 0 Å². The van der Waals surface area contributed by atoms with Crippen molar-refractivity contribution < 1.29 is 4.42 Å². The molecule has 65 heavy (non-hydrogen) atoms. The molecular weight excluding hydrogens is 808 g/mol. The Hall–Kier alpha value is -6.56. The molecular formula is C60H50BN2OS. The van der Waals surface area contributed by atoms with Gasteiger partial charge in [-0.15, -0.1) is 11.3 Å². The molecule has 1 aliphatic heterocycles. The zero-order valence-corrected chi connectivity index (χ0v) is 39.4. The highest BCUT2D eigenvalue weighted by atomic mass is 32.1. The molecule has 4 heterocycles. The van der Waals surface area contributed by atoms with Gasteiger partial charge in [0.1, 0.15) is 11.2 Å². The fourth-order valence-corrected chi connectivity index (χ4v) is 12.4. The molecule has 0 atom stereocenters. The lowest BCUT2D eigenvalue weighted by molar-refractivity contribution is 0.590. The average Bonchev–Trinajstić information content (AvgIpc) is 3.99. The summed E-state index contributed by atoms with van der Waals surface area (Å²) in [6.45, 7) is 20.8. The largest absolute Gasteiger partial charge is 0.456 e. The van der Waals surface area contributed by atoms with Gasteiger partial charge in [-0.1, -0.05) is 134 Å². The van der Waals surface area contributed by atoms with Crippen LogP contribution in [0.25, 0.3) is 91.9 Å². The molecule has 0 bridgehead atoms. The summed E-state index contributed by atoms with van der Waals surface area (Å²) in [6.07, 6.45) is 0. The lowest BCUT2D eigenvalue weighted by Crippen LogP contribution is -2.38. The molecule has 1 N–H and O–H groups in total. The third-order valence-corrected chi connectivity index (χ3v) is 16.0. The number of nitrogens with one attached hydrogen (secondary N) is 1. The van der Waals surface area contributed by atoms with Crippen LogP contribution >= 0.6 is 11.3 Å². The number of furan rings is 1. The van der Waals surface area contributed by atoms with E-state index in [2.05, 4.69) is 213 Å². The summed E-state index contributed by atoms with van der Waals surface area (Å²) < 4.78 is 11.8. The predicted octanol–water partition coefficient (Wildman–Crippen LogP) is 15.6. The first-order valence-corrected chi connectivity index (χ1v) is 23.9. The van der Waals surface area contributed by atoms with Crippen LogP contribution in [0.5, 0.6) is 0 Å². The van der Waals surface area contributed by atoms with E-state index >= 15 is 0 Å². The number of para-hydroxylation sites is 1. The van der Waals surface area contributed by atoms with E-state index < -0.39 is 0 Å². The van der Waals surface area contributed by atoms with E-state index in [4.69, 9.17) is 4.42 Å². The number of rotatable bonds is 3. The lowest BCUT2D eigenvalue weighted by Gasteiger charge is -2.27. The van der Waals surface area contributed by atoms with E-state index in [0.717, 1.165) is 33.3 Å². The van der Waals surface area contributed by atoms with Crippen molar-refractivity contribution >= 4 is 105 Å². The van der Waals surface area contributed by atoms with E-state index in [1.807, 2.05) is 11.3 Å². The second-order valence-corrected chi connectivity index (χ2v) is 22.4. The Morgan fingerprint density at radius 1 is 0.585 bits per heavy atom. The summed E-state index contributed by atoms with van der Waals surface area (Å²) in [4.78, 5) is 0. The first kappa shape index (κ1) is 38.9. The monoisotopic (exact) mass is 857 g/mol. The standard InChI is InChI=1S/C60H50BN2OS/c1-32-24-43(39-26-42-41-25-34(59(5,6)7)20-23-53(41)65-54(42)30-48(39)62-35-21-18-33(19-22-35)58(2,3)4)56-57-55(32)44-27-40-37-15-11-13-17-51(37)64-52(40)31-49(44)63(57)50-29-46-38(28-47(50)61-56)36-14-10-12-16-45(36)60(46,8)9/h10-31,62H,1-9H3. The fourth-order valence-electron chi connectivity index (χ4n) is 11.3. The van der Waals surface area contributed by atoms with Crippen LogP contribution in [0, 0.1) is 6.92 Å². The zero-order valence-electron chi connectivity index (χ0n) is 38.5. The second-order valence-electron chi connectivity index (χ2n) is 21.4. The summed E-state index contributed by atoms with van der Waals surface area (Å²) in [5.74, 6) is 0. The van der Waals surface area contributed by atoms with Crippen LogP contribution in [0.2, 0.25) is 0 Å². The molecule has 0 saturated heterocycles. The molecule has 2 aliphatic rings. The normalized spacial score (nSPS) is 14.2. The van der Waals surface area contributed by atoms with Crippen molar-refractivity contribution in [2.45, 2.75) is 78.6 Å². The van der Waals surface area contributed by atoms with Gasteiger partial charge in [0.2, 0.25) is 0 Å². The van der Waals surface area contributed by atoms with Gasteiger partial charge in [-0.05, 0) is 122 Å². The van der Waals surface area contributed by atoms with Crippen molar-refractivity contribution in [1.82, 2.24) is 4.57 Å². The smallest absolute Gasteiger partial charge is 0.197 e. The number of anilines is 2. The van der Waals surface area contributed by atoms with Gasteiger partial charge >= 0.3 is 0 Å². The summed E-state index contributed by atoms with van der Waals surface area (Å²) in [7, 11) is 2.49. The third kappa shape index (κ3) is 5.55. The zero-order chi connectivity index (χ0) is 44.5. The molecule has 0 saturated carbocycles. The van der Waals surface area contributed by atoms with E-state index in [1.165, 1.54) is 109 Å². The van der Waals surface area contributed by atoms with Crippen molar-refractivity contribution in [2.75, 3.05) is 5.32 Å². The lowest BCUT2D eigenvalue weighted by atomic mass is 9.58. The van der Waals surface area contributed by atoms with E-state index in [1.54, 1.807) is 0 Å². The second kappa shape index (κ2) is 13.0. The number of aromatic nitrogens is 1. The van der Waals surface area contributed by atoms with Crippen LogP contribution in [-0.4, -0.2) is 11.8 Å². The topological polar surface area (TPSA) is 30.1 Å². The summed E-state index contributed by atoms with van der Waals surface area (Å²) in [5, 5.41) is 11.4. The highest BCUT2D eigenvalue weighted by Crippen LogP contribution is 2.51. The van der Waals surface area contributed by atoms with Gasteiger partial charge < -0.3 is 14.3 Å². The molecule has 8 aromatic carbocycles. The molecule has 13 rings (SSSR count). The first-order chi connectivity index (χ1) is 31.1. The molecule has 0 unspecified atom stereocenters. The van der Waals surface area contributed by atoms with Crippen LogP contribution in [-0.2, 0) is 16.2 Å². The molecule has 11 aromatic rings. The minimum atomic E-state index is -0.135. The highest BCUT2D eigenvalue weighted by molar-refractivity contribution is 7.25. The molecule has 0 fully saturated rings. The van der Waals surface area contributed by atoms with Gasteiger partial charge in [0.15, 0.2) is 7.28 Å². The van der Waals surface area contributed by atoms with Crippen LogP contribution in [0.4, 0.5) is 11.4 Å². The molecule has 3 aromatic heterocycles. The van der Waals surface area contributed by atoms with Crippen LogP contribution in [0.1, 0.15) is 83.2 Å². The molecule has 0 amide bonds. The van der Waals surface area contributed by atoms with E-state index in [-0.39, 0.29) is 16.2 Å². The number of benzene rings is 8.